The minimum atomic E-state index is -3.73. The molecule has 0 radical (unpaired) electrons. The highest BCUT2D eigenvalue weighted by Crippen LogP contribution is 2.32. The molecule has 6 nitrogen and oxygen atoms in total. The highest BCUT2D eigenvalue weighted by atomic mass is 32.2. The van der Waals surface area contributed by atoms with Gasteiger partial charge >= 0.3 is 5.97 Å². The molecule has 1 heterocycles. The lowest BCUT2D eigenvalue weighted by Gasteiger charge is -2.19. The lowest BCUT2D eigenvalue weighted by molar-refractivity contribution is -0.140. The van der Waals surface area contributed by atoms with Crippen LogP contribution in [-0.2, 0) is 26.0 Å². The van der Waals surface area contributed by atoms with Crippen molar-refractivity contribution in [1.29, 1.82) is 0 Å². The van der Waals surface area contributed by atoms with Crippen LogP contribution in [0, 0.1) is 11.6 Å². The number of fused-ring (bicyclic) bond motifs is 1. The largest absolute Gasteiger partial charge is 0.451 e. The number of sulfonamides is 1. The first kappa shape index (κ1) is 24.3. The average molecular weight is 498 g/mol. The van der Waals surface area contributed by atoms with Gasteiger partial charge in [0.2, 0.25) is 5.78 Å². The van der Waals surface area contributed by atoms with Crippen LogP contribution in [0.1, 0.15) is 28.4 Å². The summed E-state index contributed by atoms with van der Waals surface area (Å²) in [5.74, 6) is -3.76. The Bertz CT molecular complexity index is 1420. The molecule has 0 bridgehead atoms. The molecule has 1 atom stereocenters. The normalized spacial score (nSPS) is 14.1. The number of hydrogen-bond acceptors (Lipinski definition) is 5. The van der Waals surface area contributed by atoms with Crippen LogP contribution >= 0.6 is 0 Å². The molecule has 0 saturated heterocycles. The average Bonchev–Trinajstić information content (AvgIpc) is 3.29. The first-order valence-electron chi connectivity index (χ1n) is 10.8. The van der Waals surface area contributed by atoms with Crippen molar-refractivity contribution in [2.24, 2.45) is 0 Å². The summed E-state index contributed by atoms with van der Waals surface area (Å²) in [5, 5.41) is 0. The molecule has 0 N–H and O–H groups in total. The molecule has 0 aliphatic carbocycles. The highest BCUT2D eigenvalue weighted by Gasteiger charge is 2.30. The molecule has 3 aromatic carbocycles. The second-order valence-corrected chi connectivity index (χ2v) is 9.79. The number of halogens is 2. The number of para-hydroxylation sites is 1. The quantitative estimate of drug-likeness (QED) is 0.272. The van der Waals surface area contributed by atoms with E-state index in [1.807, 2.05) is 12.1 Å². The molecule has 9 heteroatoms. The maximum absolute atomic E-state index is 13.3. The highest BCUT2D eigenvalue weighted by molar-refractivity contribution is 7.92. The molecule has 35 heavy (non-hydrogen) atoms. The maximum atomic E-state index is 13.3. The zero-order valence-corrected chi connectivity index (χ0v) is 19.5. The lowest BCUT2D eigenvalue weighted by atomic mass is 10.1. The number of ketones is 1. The van der Waals surface area contributed by atoms with E-state index in [1.54, 1.807) is 24.3 Å². The van der Waals surface area contributed by atoms with E-state index in [4.69, 9.17) is 4.74 Å². The molecular weight excluding hydrogens is 476 g/mol. The number of Topliss-reactive ketones (excluding diaryl/α,β-unsaturated/α-hetero) is 1. The van der Waals surface area contributed by atoms with Crippen LogP contribution in [0.3, 0.4) is 0 Å². The van der Waals surface area contributed by atoms with Crippen molar-refractivity contribution in [3.05, 3.63) is 101 Å². The van der Waals surface area contributed by atoms with Gasteiger partial charge in [-0.05, 0) is 66.9 Å². The van der Waals surface area contributed by atoms with Crippen molar-refractivity contribution in [3.63, 3.8) is 0 Å². The third kappa shape index (κ3) is 5.14. The molecule has 1 aliphatic rings. The molecule has 4 rings (SSSR count). The Balaban J connectivity index is 1.39. The van der Waals surface area contributed by atoms with E-state index in [-0.39, 0.29) is 10.5 Å². The molecule has 0 amide bonds. The lowest BCUT2D eigenvalue weighted by Crippen LogP contribution is -2.29. The Kier molecular flexibility index (Phi) is 6.79. The summed E-state index contributed by atoms with van der Waals surface area (Å²) in [6, 6.07) is 16.0. The standard InChI is InChI=1S/C26H21F2NO5S/c1-17(26(31)20-9-12-22(27)23(28)16-20)34-25(30)13-8-18-6-10-21(11-7-18)35(32,33)29-15-14-19-4-2-3-5-24(19)29/h2-13,16-17H,14-15H2,1H3/b13-8+. The summed E-state index contributed by atoms with van der Waals surface area (Å²) >= 11 is 0. The molecular formula is C26H21F2NO5S. The van der Waals surface area contributed by atoms with Crippen LogP contribution in [0.4, 0.5) is 14.5 Å². The minimum Gasteiger partial charge on any atom is -0.451 e. The summed E-state index contributed by atoms with van der Waals surface area (Å²) in [4.78, 5) is 24.5. The van der Waals surface area contributed by atoms with E-state index in [1.165, 1.54) is 29.4 Å². The van der Waals surface area contributed by atoms with Crippen LogP contribution in [0.15, 0.2) is 77.7 Å². The van der Waals surface area contributed by atoms with Crippen molar-refractivity contribution in [2.45, 2.75) is 24.3 Å². The van der Waals surface area contributed by atoms with Crippen molar-refractivity contribution in [3.8, 4) is 0 Å². The number of esters is 1. The third-order valence-corrected chi connectivity index (χ3v) is 7.42. The smallest absolute Gasteiger partial charge is 0.331 e. The van der Waals surface area contributed by atoms with Crippen molar-refractivity contribution < 1.29 is 31.5 Å². The van der Waals surface area contributed by atoms with Gasteiger partial charge in [0, 0.05) is 18.2 Å². The molecule has 180 valence electrons. The van der Waals surface area contributed by atoms with Crippen LogP contribution in [-0.4, -0.2) is 32.8 Å². The van der Waals surface area contributed by atoms with Gasteiger partial charge in [0.1, 0.15) is 0 Å². The number of hydrogen-bond donors (Lipinski definition) is 0. The van der Waals surface area contributed by atoms with Crippen LogP contribution < -0.4 is 4.31 Å². The van der Waals surface area contributed by atoms with Crippen molar-refractivity contribution >= 4 is 33.5 Å². The van der Waals surface area contributed by atoms with Gasteiger partial charge in [-0.3, -0.25) is 9.10 Å². The fourth-order valence-corrected chi connectivity index (χ4v) is 5.25. The Morgan fingerprint density at radius 1 is 1.00 bits per heavy atom. The van der Waals surface area contributed by atoms with E-state index in [2.05, 4.69) is 0 Å². The number of anilines is 1. The Morgan fingerprint density at radius 2 is 1.71 bits per heavy atom. The fourth-order valence-electron chi connectivity index (χ4n) is 3.75. The molecule has 0 fully saturated rings. The molecule has 1 unspecified atom stereocenters. The summed E-state index contributed by atoms with van der Waals surface area (Å²) in [6.45, 7) is 1.70. The van der Waals surface area contributed by atoms with Crippen LogP contribution in [0.25, 0.3) is 6.08 Å². The van der Waals surface area contributed by atoms with Crippen LogP contribution in [0.5, 0.6) is 0 Å². The van der Waals surface area contributed by atoms with E-state index >= 15 is 0 Å². The van der Waals surface area contributed by atoms with Gasteiger partial charge in [0.05, 0.1) is 10.6 Å². The number of carbonyl (C=O) groups excluding carboxylic acids is 2. The molecule has 0 spiro atoms. The van der Waals surface area contributed by atoms with Crippen molar-refractivity contribution in [2.75, 3.05) is 10.8 Å². The predicted molar refractivity (Wildman–Crippen MR) is 126 cm³/mol. The Morgan fingerprint density at radius 3 is 2.43 bits per heavy atom. The molecule has 1 aliphatic heterocycles. The van der Waals surface area contributed by atoms with Crippen LogP contribution in [0.2, 0.25) is 0 Å². The molecule has 0 saturated carbocycles. The number of benzene rings is 3. The van der Waals surface area contributed by atoms with Gasteiger partial charge < -0.3 is 4.74 Å². The predicted octanol–water partition coefficient (Wildman–Crippen LogP) is 4.54. The second kappa shape index (κ2) is 9.79. The SMILES string of the molecule is CC(OC(=O)/C=C/c1ccc(S(=O)(=O)N2CCc3ccccc32)cc1)C(=O)c1ccc(F)c(F)c1. The molecule has 0 aromatic heterocycles. The number of carbonyl (C=O) groups is 2. The maximum Gasteiger partial charge on any atom is 0.331 e. The van der Waals surface area contributed by atoms with Gasteiger partial charge in [-0.2, -0.15) is 0 Å². The van der Waals surface area contributed by atoms with Gasteiger partial charge in [0.25, 0.3) is 10.0 Å². The molecule has 3 aromatic rings. The zero-order chi connectivity index (χ0) is 25.2. The van der Waals surface area contributed by atoms with E-state index in [9.17, 15) is 26.8 Å². The Hall–Kier alpha value is -3.85. The monoisotopic (exact) mass is 497 g/mol. The van der Waals surface area contributed by atoms with Crippen molar-refractivity contribution in [1.82, 2.24) is 0 Å². The zero-order valence-electron chi connectivity index (χ0n) is 18.6. The van der Waals surface area contributed by atoms with Gasteiger partial charge in [-0.25, -0.2) is 22.0 Å². The minimum absolute atomic E-state index is 0.120. The topological polar surface area (TPSA) is 80.8 Å². The number of ether oxygens (including phenoxy) is 1. The fraction of sp³-hybridized carbons (Fsp3) is 0.154. The summed E-state index contributed by atoms with van der Waals surface area (Å²) in [5.41, 5.74) is 2.07. The Labute approximate surface area is 201 Å². The van der Waals surface area contributed by atoms with E-state index < -0.39 is 39.5 Å². The first-order chi connectivity index (χ1) is 16.7. The number of rotatable bonds is 7. The van der Waals surface area contributed by atoms with Gasteiger partial charge in [-0.15, -0.1) is 0 Å². The van der Waals surface area contributed by atoms with E-state index in [0.29, 0.717) is 24.2 Å². The number of nitrogens with zero attached hydrogens (tertiary/aromatic N) is 1. The van der Waals surface area contributed by atoms with Gasteiger partial charge in [-0.1, -0.05) is 30.3 Å². The van der Waals surface area contributed by atoms with Gasteiger partial charge in [0.15, 0.2) is 17.7 Å². The summed E-state index contributed by atoms with van der Waals surface area (Å²) < 4.78 is 59.0. The summed E-state index contributed by atoms with van der Waals surface area (Å²) in [6.07, 6.45) is 1.94. The van der Waals surface area contributed by atoms with E-state index in [0.717, 1.165) is 29.8 Å². The second-order valence-electron chi connectivity index (χ2n) is 7.93. The third-order valence-electron chi connectivity index (χ3n) is 5.59. The summed E-state index contributed by atoms with van der Waals surface area (Å²) in [7, 11) is -3.73. The first-order valence-corrected chi connectivity index (χ1v) is 12.2.